The molecule has 122 valence electrons. The van der Waals surface area contributed by atoms with Crippen LogP contribution in [0.5, 0.6) is 0 Å². The molecule has 3 rings (SSSR count). The molecular weight excluding hydrogens is 309 g/mol. The molecule has 1 amide bonds. The molecule has 0 aliphatic heterocycles. The van der Waals surface area contributed by atoms with Gasteiger partial charge in [0.05, 0.1) is 23.0 Å². The van der Waals surface area contributed by atoms with Crippen molar-refractivity contribution in [2.75, 3.05) is 7.05 Å². The molecule has 0 aromatic carbocycles. The summed E-state index contributed by atoms with van der Waals surface area (Å²) in [5.74, 6) is 0.104. The SMILES string of the molecule is Cc1c(C(=O)N(C)C2CC2)cnn1-c1ccc(C(F)(F)F)cn1. The van der Waals surface area contributed by atoms with Crippen molar-refractivity contribution in [3.8, 4) is 5.82 Å². The molecule has 23 heavy (non-hydrogen) atoms. The van der Waals surface area contributed by atoms with E-state index in [-0.39, 0.29) is 17.8 Å². The van der Waals surface area contributed by atoms with Crippen LogP contribution in [0.4, 0.5) is 13.2 Å². The van der Waals surface area contributed by atoms with E-state index in [4.69, 9.17) is 0 Å². The van der Waals surface area contributed by atoms with Crippen molar-refractivity contribution >= 4 is 5.91 Å². The molecule has 1 aliphatic carbocycles. The van der Waals surface area contributed by atoms with Crippen LogP contribution in [0.15, 0.2) is 24.5 Å². The quantitative estimate of drug-likeness (QED) is 0.872. The predicted octanol–water partition coefficient (Wildman–Crippen LogP) is 2.83. The maximum atomic E-state index is 12.6. The van der Waals surface area contributed by atoms with Gasteiger partial charge in [0.25, 0.3) is 5.91 Å². The third-order valence-electron chi connectivity index (χ3n) is 3.95. The Hall–Kier alpha value is -2.38. The molecule has 1 fully saturated rings. The summed E-state index contributed by atoms with van der Waals surface area (Å²) in [7, 11) is 1.74. The summed E-state index contributed by atoms with van der Waals surface area (Å²) >= 11 is 0. The van der Waals surface area contributed by atoms with Gasteiger partial charge in [-0.05, 0) is 31.9 Å². The van der Waals surface area contributed by atoms with E-state index in [1.54, 1.807) is 18.9 Å². The molecule has 0 unspecified atom stereocenters. The highest BCUT2D eigenvalue weighted by Crippen LogP contribution is 2.29. The van der Waals surface area contributed by atoms with Crippen molar-refractivity contribution in [2.45, 2.75) is 32.0 Å². The van der Waals surface area contributed by atoms with E-state index < -0.39 is 11.7 Å². The molecule has 2 aromatic rings. The molecule has 0 spiro atoms. The lowest BCUT2D eigenvalue weighted by Crippen LogP contribution is -2.29. The smallest absolute Gasteiger partial charge is 0.339 e. The molecule has 0 bridgehead atoms. The number of halogens is 3. The summed E-state index contributed by atoms with van der Waals surface area (Å²) in [6.07, 6.45) is -0.255. The largest absolute Gasteiger partial charge is 0.417 e. The fourth-order valence-corrected chi connectivity index (χ4v) is 2.35. The van der Waals surface area contributed by atoms with Gasteiger partial charge in [0.2, 0.25) is 0 Å². The van der Waals surface area contributed by atoms with E-state index in [1.807, 2.05) is 0 Å². The highest BCUT2D eigenvalue weighted by molar-refractivity contribution is 5.95. The van der Waals surface area contributed by atoms with Gasteiger partial charge >= 0.3 is 6.18 Å². The van der Waals surface area contributed by atoms with Crippen LogP contribution in [-0.4, -0.2) is 38.7 Å². The van der Waals surface area contributed by atoms with Crippen LogP contribution < -0.4 is 0 Å². The number of nitrogens with zero attached hydrogens (tertiary/aromatic N) is 4. The Kier molecular flexibility index (Phi) is 3.62. The summed E-state index contributed by atoms with van der Waals surface area (Å²) in [5.41, 5.74) is 0.159. The first-order valence-corrected chi connectivity index (χ1v) is 7.14. The lowest BCUT2D eigenvalue weighted by Gasteiger charge is -2.15. The highest BCUT2D eigenvalue weighted by Gasteiger charge is 2.32. The van der Waals surface area contributed by atoms with Crippen LogP contribution in [-0.2, 0) is 6.18 Å². The van der Waals surface area contributed by atoms with Crippen molar-refractivity contribution < 1.29 is 18.0 Å². The van der Waals surface area contributed by atoms with Crippen LogP contribution in [0.25, 0.3) is 5.82 Å². The number of alkyl halides is 3. The third kappa shape index (κ3) is 2.93. The number of hydrogen-bond donors (Lipinski definition) is 0. The lowest BCUT2D eigenvalue weighted by molar-refractivity contribution is -0.137. The normalized spacial score (nSPS) is 14.8. The van der Waals surface area contributed by atoms with Crippen LogP contribution in [0.3, 0.4) is 0 Å². The van der Waals surface area contributed by atoms with Gasteiger partial charge in [0, 0.05) is 19.3 Å². The first-order valence-electron chi connectivity index (χ1n) is 7.14. The second-order valence-corrected chi connectivity index (χ2v) is 5.61. The third-order valence-corrected chi connectivity index (χ3v) is 3.95. The zero-order valence-electron chi connectivity index (χ0n) is 12.6. The molecule has 0 radical (unpaired) electrons. The van der Waals surface area contributed by atoms with Gasteiger partial charge in [0.15, 0.2) is 5.82 Å². The van der Waals surface area contributed by atoms with Crippen LogP contribution >= 0.6 is 0 Å². The lowest BCUT2D eigenvalue weighted by atomic mass is 10.2. The molecule has 8 heteroatoms. The number of rotatable bonds is 3. The van der Waals surface area contributed by atoms with Gasteiger partial charge in [-0.2, -0.15) is 18.3 Å². The van der Waals surface area contributed by atoms with E-state index in [1.165, 1.54) is 16.9 Å². The maximum Gasteiger partial charge on any atom is 0.417 e. The Morgan fingerprint density at radius 1 is 1.30 bits per heavy atom. The predicted molar refractivity (Wildman–Crippen MR) is 76.2 cm³/mol. The van der Waals surface area contributed by atoms with Gasteiger partial charge in [-0.25, -0.2) is 9.67 Å². The standard InChI is InChI=1S/C15H15F3N4O/c1-9-12(14(23)21(2)11-4-5-11)8-20-22(9)13-6-3-10(7-19-13)15(16,17)18/h3,6-8,11H,4-5H2,1-2H3. The minimum absolute atomic E-state index is 0.136. The van der Waals surface area contributed by atoms with E-state index in [9.17, 15) is 18.0 Å². The Morgan fingerprint density at radius 2 is 2.00 bits per heavy atom. The second kappa shape index (κ2) is 5.36. The summed E-state index contributed by atoms with van der Waals surface area (Å²) in [4.78, 5) is 17.9. The van der Waals surface area contributed by atoms with Gasteiger partial charge in [-0.15, -0.1) is 0 Å². The topological polar surface area (TPSA) is 51.0 Å². The molecule has 1 aliphatic rings. The van der Waals surface area contributed by atoms with Crippen molar-refractivity contribution in [1.82, 2.24) is 19.7 Å². The number of pyridine rings is 1. The van der Waals surface area contributed by atoms with Crippen molar-refractivity contribution in [2.24, 2.45) is 0 Å². The van der Waals surface area contributed by atoms with E-state index in [0.29, 0.717) is 11.3 Å². The van der Waals surface area contributed by atoms with Gasteiger partial charge in [0.1, 0.15) is 0 Å². The van der Waals surface area contributed by atoms with E-state index in [0.717, 1.165) is 25.1 Å². The van der Waals surface area contributed by atoms with Crippen molar-refractivity contribution in [3.05, 3.63) is 41.3 Å². The molecule has 0 N–H and O–H groups in total. The Bertz CT molecular complexity index is 732. The zero-order chi connectivity index (χ0) is 16.8. The molecule has 0 atom stereocenters. The Balaban J connectivity index is 1.88. The fraction of sp³-hybridized carbons (Fsp3) is 0.400. The number of carbonyl (C=O) groups is 1. The summed E-state index contributed by atoms with van der Waals surface area (Å²) in [6.45, 7) is 1.69. The number of carbonyl (C=O) groups excluding carboxylic acids is 1. The Morgan fingerprint density at radius 3 is 2.52 bits per heavy atom. The summed E-state index contributed by atoms with van der Waals surface area (Å²) in [5, 5.41) is 4.09. The number of aromatic nitrogens is 3. The highest BCUT2D eigenvalue weighted by atomic mass is 19.4. The van der Waals surface area contributed by atoms with Crippen LogP contribution in [0.1, 0.15) is 34.5 Å². The van der Waals surface area contributed by atoms with E-state index in [2.05, 4.69) is 10.1 Å². The van der Waals surface area contributed by atoms with Gasteiger partial charge in [-0.1, -0.05) is 0 Å². The van der Waals surface area contributed by atoms with Gasteiger partial charge < -0.3 is 4.90 Å². The first kappa shape index (κ1) is 15.5. The summed E-state index contributed by atoms with van der Waals surface area (Å²) < 4.78 is 39.1. The molecule has 2 aromatic heterocycles. The number of amides is 1. The fourth-order valence-electron chi connectivity index (χ4n) is 2.35. The van der Waals surface area contributed by atoms with Crippen molar-refractivity contribution in [1.29, 1.82) is 0 Å². The molecule has 0 saturated heterocycles. The average molecular weight is 324 g/mol. The molecule has 5 nitrogen and oxygen atoms in total. The molecular formula is C15H15F3N4O. The van der Waals surface area contributed by atoms with E-state index >= 15 is 0 Å². The average Bonchev–Trinajstić information content (AvgIpc) is 3.28. The minimum atomic E-state index is -4.43. The second-order valence-electron chi connectivity index (χ2n) is 5.61. The number of hydrogen-bond acceptors (Lipinski definition) is 3. The van der Waals surface area contributed by atoms with Crippen LogP contribution in [0.2, 0.25) is 0 Å². The minimum Gasteiger partial charge on any atom is -0.339 e. The van der Waals surface area contributed by atoms with Crippen molar-refractivity contribution in [3.63, 3.8) is 0 Å². The van der Waals surface area contributed by atoms with Crippen LogP contribution in [0, 0.1) is 6.92 Å². The molecule has 2 heterocycles. The Labute approximate surface area is 130 Å². The van der Waals surface area contributed by atoms with Gasteiger partial charge in [-0.3, -0.25) is 4.79 Å². The zero-order valence-corrected chi connectivity index (χ0v) is 12.6. The maximum absolute atomic E-state index is 12.6. The summed E-state index contributed by atoms with van der Waals surface area (Å²) in [6, 6.07) is 2.46. The monoisotopic (exact) mass is 324 g/mol. The first-order chi connectivity index (χ1) is 10.8. The molecule has 1 saturated carbocycles.